The van der Waals surface area contributed by atoms with Gasteiger partial charge in [0, 0.05) is 25.6 Å². The van der Waals surface area contributed by atoms with Crippen molar-refractivity contribution in [2.24, 2.45) is 11.8 Å². The summed E-state index contributed by atoms with van der Waals surface area (Å²) >= 11 is 0. The molecule has 15 heavy (non-hydrogen) atoms. The Balaban J connectivity index is 1.55. The van der Waals surface area contributed by atoms with E-state index in [4.69, 9.17) is 0 Å². The lowest BCUT2D eigenvalue weighted by Crippen LogP contribution is -2.46. The minimum Gasteiger partial charge on any atom is -0.342 e. The van der Waals surface area contributed by atoms with E-state index in [-0.39, 0.29) is 0 Å². The van der Waals surface area contributed by atoms with Crippen LogP contribution in [0.2, 0.25) is 0 Å². The van der Waals surface area contributed by atoms with E-state index in [1.165, 1.54) is 25.7 Å². The van der Waals surface area contributed by atoms with Crippen molar-refractivity contribution < 1.29 is 4.79 Å². The molecule has 0 aromatic heterocycles. The molecule has 0 spiro atoms. The molecule has 1 saturated carbocycles. The number of fused-ring (bicyclic) bond motifs is 1. The van der Waals surface area contributed by atoms with Crippen LogP contribution in [-0.2, 0) is 4.79 Å². The maximum absolute atomic E-state index is 11.9. The van der Waals surface area contributed by atoms with Crippen LogP contribution in [0.25, 0.3) is 0 Å². The number of hydrogen-bond donors (Lipinski definition) is 1. The fourth-order valence-corrected chi connectivity index (χ4v) is 2.97. The van der Waals surface area contributed by atoms with E-state index in [1.54, 1.807) is 0 Å². The Labute approximate surface area is 91.2 Å². The van der Waals surface area contributed by atoms with Crippen LogP contribution in [0.15, 0.2) is 0 Å². The summed E-state index contributed by atoms with van der Waals surface area (Å²) in [6.07, 6.45) is 5.82. The minimum atomic E-state index is 0.419. The van der Waals surface area contributed by atoms with Crippen LogP contribution in [0.1, 0.15) is 32.1 Å². The number of likely N-dealkylation sites (tertiary alicyclic amines) is 1. The molecule has 2 atom stereocenters. The smallest absolute Gasteiger partial charge is 0.222 e. The summed E-state index contributed by atoms with van der Waals surface area (Å²) in [5.74, 6) is 1.89. The summed E-state index contributed by atoms with van der Waals surface area (Å²) in [4.78, 5) is 14.1. The van der Waals surface area contributed by atoms with Crippen molar-refractivity contribution in [3.05, 3.63) is 0 Å². The van der Waals surface area contributed by atoms with Crippen LogP contribution in [-0.4, -0.2) is 36.5 Å². The van der Waals surface area contributed by atoms with Gasteiger partial charge in [-0.1, -0.05) is 0 Å². The molecule has 1 amide bonds. The molecule has 3 nitrogen and oxygen atoms in total. The third kappa shape index (κ3) is 2.03. The van der Waals surface area contributed by atoms with Crippen molar-refractivity contribution in [1.29, 1.82) is 0 Å². The second-order valence-corrected chi connectivity index (χ2v) is 5.39. The zero-order valence-corrected chi connectivity index (χ0v) is 9.24. The van der Waals surface area contributed by atoms with Gasteiger partial charge in [0.1, 0.15) is 0 Å². The third-order valence-corrected chi connectivity index (χ3v) is 4.17. The van der Waals surface area contributed by atoms with Gasteiger partial charge in [0.15, 0.2) is 0 Å². The van der Waals surface area contributed by atoms with Crippen LogP contribution in [0, 0.1) is 11.8 Å². The number of hydrogen-bond acceptors (Lipinski definition) is 2. The van der Waals surface area contributed by atoms with E-state index in [1.807, 2.05) is 0 Å². The second-order valence-electron chi connectivity index (χ2n) is 5.39. The molecule has 0 aromatic rings. The summed E-state index contributed by atoms with van der Waals surface area (Å²) in [7, 11) is 0. The van der Waals surface area contributed by atoms with E-state index in [9.17, 15) is 4.79 Å². The number of nitrogens with zero attached hydrogens (tertiary/aromatic N) is 1. The standard InChI is InChI=1S/C12H20N2O/c15-12(7-9-1-2-9)14-6-4-11-10(8-14)3-5-13-11/h9-11,13H,1-8H2. The van der Waals surface area contributed by atoms with Gasteiger partial charge in [-0.05, 0) is 44.1 Å². The highest BCUT2D eigenvalue weighted by Gasteiger charge is 2.35. The van der Waals surface area contributed by atoms with Crippen molar-refractivity contribution in [2.75, 3.05) is 19.6 Å². The van der Waals surface area contributed by atoms with E-state index in [2.05, 4.69) is 10.2 Å². The molecule has 3 heteroatoms. The van der Waals surface area contributed by atoms with E-state index in [0.29, 0.717) is 11.9 Å². The van der Waals surface area contributed by atoms with E-state index in [0.717, 1.165) is 37.9 Å². The molecule has 2 aliphatic heterocycles. The maximum Gasteiger partial charge on any atom is 0.222 e. The Hall–Kier alpha value is -0.570. The SMILES string of the molecule is O=C(CC1CC1)N1CCC2NCCC2C1. The molecular weight excluding hydrogens is 188 g/mol. The zero-order chi connectivity index (χ0) is 10.3. The van der Waals surface area contributed by atoms with Gasteiger partial charge in [-0.3, -0.25) is 4.79 Å². The molecule has 0 radical (unpaired) electrons. The topological polar surface area (TPSA) is 32.3 Å². The first-order valence-corrected chi connectivity index (χ1v) is 6.34. The first-order chi connectivity index (χ1) is 7.33. The quantitative estimate of drug-likeness (QED) is 0.734. The lowest BCUT2D eigenvalue weighted by Gasteiger charge is -2.35. The van der Waals surface area contributed by atoms with Gasteiger partial charge in [-0.2, -0.15) is 0 Å². The maximum atomic E-state index is 11.9. The number of carbonyl (C=O) groups is 1. The van der Waals surface area contributed by atoms with Crippen LogP contribution >= 0.6 is 0 Å². The van der Waals surface area contributed by atoms with Gasteiger partial charge in [-0.15, -0.1) is 0 Å². The molecule has 3 aliphatic rings. The largest absolute Gasteiger partial charge is 0.342 e. The van der Waals surface area contributed by atoms with Gasteiger partial charge >= 0.3 is 0 Å². The van der Waals surface area contributed by atoms with Crippen molar-refractivity contribution >= 4 is 5.91 Å². The fraction of sp³-hybridized carbons (Fsp3) is 0.917. The summed E-state index contributed by atoms with van der Waals surface area (Å²) in [6.45, 7) is 3.16. The minimum absolute atomic E-state index is 0.419. The zero-order valence-electron chi connectivity index (χ0n) is 9.24. The number of nitrogens with one attached hydrogen (secondary N) is 1. The van der Waals surface area contributed by atoms with E-state index >= 15 is 0 Å². The first kappa shape index (κ1) is 9.64. The lowest BCUT2D eigenvalue weighted by atomic mass is 9.93. The molecule has 1 N–H and O–H groups in total. The second kappa shape index (κ2) is 3.78. The molecule has 0 bridgehead atoms. The molecule has 1 aliphatic carbocycles. The van der Waals surface area contributed by atoms with Gasteiger partial charge in [0.2, 0.25) is 5.91 Å². The average molecular weight is 208 g/mol. The van der Waals surface area contributed by atoms with Crippen LogP contribution in [0.3, 0.4) is 0 Å². The highest BCUT2D eigenvalue weighted by Crippen LogP contribution is 2.34. The van der Waals surface area contributed by atoms with Gasteiger partial charge in [-0.25, -0.2) is 0 Å². The summed E-state index contributed by atoms with van der Waals surface area (Å²) in [5, 5.41) is 3.53. The third-order valence-electron chi connectivity index (χ3n) is 4.17. The Morgan fingerprint density at radius 3 is 2.93 bits per heavy atom. The molecule has 2 heterocycles. The van der Waals surface area contributed by atoms with Gasteiger partial charge in [0.25, 0.3) is 0 Å². The Kier molecular flexibility index (Phi) is 2.43. The summed E-state index contributed by atoms with van der Waals surface area (Å²) in [5.41, 5.74) is 0. The average Bonchev–Trinajstić information content (AvgIpc) is 2.94. The predicted octanol–water partition coefficient (Wildman–Crippen LogP) is 0.997. The van der Waals surface area contributed by atoms with Crippen molar-refractivity contribution in [3.63, 3.8) is 0 Å². The Morgan fingerprint density at radius 1 is 1.27 bits per heavy atom. The molecular formula is C12H20N2O. The van der Waals surface area contributed by atoms with Crippen molar-refractivity contribution in [3.8, 4) is 0 Å². The lowest BCUT2D eigenvalue weighted by molar-refractivity contribution is -0.133. The number of carbonyl (C=O) groups excluding carboxylic acids is 1. The molecule has 3 fully saturated rings. The van der Waals surface area contributed by atoms with Gasteiger partial charge in [0.05, 0.1) is 0 Å². The first-order valence-electron chi connectivity index (χ1n) is 6.34. The molecule has 84 valence electrons. The Bertz CT molecular complexity index is 262. The van der Waals surface area contributed by atoms with Gasteiger partial charge < -0.3 is 10.2 Å². The number of amides is 1. The number of piperidine rings is 1. The monoisotopic (exact) mass is 208 g/mol. The number of rotatable bonds is 2. The van der Waals surface area contributed by atoms with E-state index < -0.39 is 0 Å². The van der Waals surface area contributed by atoms with Crippen LogP contribution < -0.4 is 5.32 Å². The highest BCUT2D eigenvalue weighted by atomic mass is 16.2. The van der Waals surface area contributed by atoms with Crippen molar-refractivity contribution in [2.45, 2.75) is 38.1 Å². The summed E-state index contributed by atoms with van der Waals surface area (Å²) < 4.78 is 0. The molecule has 2 saturated heterocycles. The normalized spacial score (nSPS) is 35.3. The predicted molar refractivity (Wildman–Crippen MR) is 58.4 cm³/mol. The molecule has 2 unspecified atom stereocenters. The summed E-state index contributed by atoms with van der Waals surface area (Å²) in [6, 6.07) is 0.704. The fourth-order valence-electron chi connectivity index (χ4n) is 2.97. The molecule has 3 rings (SSSR count). The highest BCUT2D eigenvalue weighted by molar-refractivity contribution is 5.76. The van der Waals surface area contributed by atoms with Crippen molar-refractivity contribution in [1.82, 2.24) is 10.2 Å². The molecule has 0 aromatic carbocycles. The Morgan fingerprint density at radius 2 is 2.13 bits per heavy atom. The van der Waals surface area contributed by atoms with Crippen LogP contribution in [0.5, 0.6) is 0 Å². The van der Waals surface area contributed by atoms with Crippen LogP contribution in [0.4, 0.5) is 0 Å².